The Labute approximate surface area is 102 Å². The van der Waals surface area contributed by atoms with Crippen LogP contribution in [-0.2, 0) is 12.8 Å². The van der Waals surface area contributed by atoms with Crippen LogP contribution in [0.3, 0.4) is 0 Å². The number of rotatable bonds is 5. The number of hydrogen-bond donors (Lipinski definition) is 2. The highest BCUT2D eigenvalue weighted by Crippen LogP contribution is 2.35. The third-order valence-corrected chi connectivity index (χ3v) is 4.52. The topological polar surface area (TPSA) is 38.0 Å². The maximum atomic E-state index is 5.64. The second-order valence-electron chi connectivity index (χ2n) is 4.67. The summed E-state index contributed by atoms with van der Waals surface area (Å²) in [7, 11) is 0. The van der Waals surface area contributed by atoms with Gasteiger partial charge >= 0.3 is 0 Å². The standard InChI is InChI=1S/C13H20N2S/c1-9(2)6-7-11(15-14)13-8-10-4-3-5-12(10)16-13/h8,11,15H,1,3-7,14H2,2H3. The Morgan fingerprint density at radius 1 is 1.62 bits per heavy atom. The molecule has 2 rings (SSSR count). The molecule has 1 aromatic rings. The largest absolute Gasteiger partial charge is 0.271 e. The van der Waals surface area contributed by atoms with Crippen LogP contribution in [0.25, 0.3) is 0 Å². The lowest BCUT2D eigenvalue weighted by atomic mass is 10.1. The van der Waals surface area contributed by atoms with Gasteiger partial charge in [-0.3, -0.25) is 11.3 Å². The van der Waals surface area contributed by atoms with E-state index in [0.717, 1.165) is 12.8 Å². The molecule has 0 bridgehead atoms. The quantitative estimate of drug-likeness (QED) is 0.468. The van der Waals surface area contributed by atoms with Gasteiger partial charge in [-0.25, -0.2) is 0 Å². The first-order valence-electron chi connectivity index (χ1n) is 5.92. The van der Waals surface area contributed by atoms with Crippen LogP contribution in [-0.4, -0.2) is 0 Å². The van der Waals surface area contributed by atoms with E-state index in [1.165, 1.54) is 29.7 Å². The van der Waals surface area contributed by atoms with E-state index in [9.17, 15) is 0 Å². The molecular formula is C13H20N2S. The molecule has 0 aromatic carbocycles. The van der Waals surface area contributed by atoms with Crippen LogP contribution in [0.2, 0.25) is 0 Å². The molecule has 0 aliphatic heterocycles. The minimum absolute atomic E-state index is 0.298. The lowest BCUT2D eigenvalue weighted by molar-refractivity contribution is 0.523. The zero-order valence-electron chi connectivity index (χ0n) is 9.88. The van der Waals surface area contributed by atoms with Gasteiger partial charge in [0, 0.05) is 9.75 Å². The zero-order valence-corrected chi connectivity index (χ0v) is 10.7. The number of hydrogen-bond acceptors (Lipinski definition) is 3. The Morgan fingerprint density at radius 2 is 2.44 bits per heavy atom. The van der Waals surface area contributed by atoms with E-state index in [-0.39, 0.29) is 0 Å². The first kappa shape index (κ1) is 11.8. The number of aryl methyl sites for hydroxylation is 2. The van der Waals surface area contributed by atoms with Gasteiger partial charge in [0.15, 0.2) is 0 Å². The monoisotopic (exact) mass is 236 g/mol. The second-order valence-corrected chi connectivity index (χ2v) is 5.83. The molecule has 0 saturated carbocycles. The molecule has 3 N–H and O–H groups in total. The lowest BCUT2D eigenvalue weighted by Gasteiger charge is -2.14. The van der Waals surface area contributed by atoms with Gasteiger partial charge in [0.25, 0.3) is 0 Å². The van der Waals surface area contributed by atoms with E-state index < -0.39 is 0 Å². The van der Waals surface area contributed by atoms with Crippen molar-refractivity contribution in [2.45, 2.75) is 45.1 Å². The Morgan fingerprint density at radius 3 is 3.06 bits per heavy atom. The van der Waals surface area contributed by atoms with Crippen LogP contribution in [0.5, 0.6) is 0 Å². The Hall–Kier alpha value is -0.640. The van der Waals surface area contributed by atoms with Gasteiger partial charge in [-0.2, -0.15) is 0 Å². The molecule has 0 amide bonds. The summed E-state index contributed by atoms with van der Waals surface area (Å²) in [5.74, 6) is 5.64. The van der Waals surface area contributed by atoms with Crippen molar-refractivity contribution in [3.05, 3.63) is 33.5 Å². The van der Waals surface area contributed by atoms with E-state index in [1.54, 1.807) is 10.4 Å². The number of thiophene rings is 1. The average Bonchev–Trinajstić information content (AvgIpc) is 2.78. The molecule has 1 heterocycles. The van der Waals surface area contributed by atoms with Crippen LogP contribution >= 0.6 is 11.3 Å². The molecule has 0 saturated heterocycles. The summed E-state index contributed by atoms with van der Waals surface area (Å²) in [5.41, 5.74) is 5.71. The van der Waals surface area contributed by atoms with Crippen LogP contribution in [0, 0.1) is 0 Å². The summed E-state index contributed by atoms with van der Waals surface area (Å²) in [6.07, 6.45) is 5.93. The van der Waals surface area contributed by atoms with E-state index in [0.29, 0.717) is 6.04 Å². The van der Waals surface area contributed by atoms with Crippen LogP contribution in [0.15, 0.2) is 18.2 Å². The smallest absolute Gasteiger partial charge is 0.0556 e. The van der Waals surface area contributed by atoms with Crippen LogP contribution in [0.4, 0.5) is 0 Å². The van der Waals surface area contributed by atoms with Gasteiger partial charge in [0.05, 0.1) is 6.04 Å². The van der Waals surface area contributed by atoms with Crippen molar-refractivity contribution < 1.29 is 0 Å². The highest BCUT2D eigenvalue weighted by molar-refractivity contribution is 7.12. The predicted molar refractivity (Wildman–Crippen MR) is 70.5 cm³/mol. The third-order valence-electron chi connectivity index (χ3n) is 3.17. The number of allylic oxidation sites excluding steroid dienone is 1. The van der Waals surface area contributed by atoms with Gasteiger partial charge < -0.3 is 0 Å². The molecule has 1 aliphatic rings. The molecule has 2 nitrogen and oxygen atoms in total. The van der Waals surface area contributed by atoms with Gasteiger partial charge in [-0.15, -0.1) is 17.9 Å². The molecule has 3 heteroatoms. The summed E-state index contributed by atoms with van der Waals surface area (Å²) in [4.78, 5) is 2.97. The molecule has 16 heavy (non-hydrogen) atoms. The fourth-order valence-electron chi connectivity index (χ4n) is 2.22. The summed E-state index contributed by atoms with van der Waals surface area (Å²) >= 11 is 1.93. The molecule has 0 fully saturated rings. The van der Waals surface area contributed by atoms with Crippen molar-refractivity contribution in [2.24, 2.45) is 5.84 Å². The Balaban J connectivity index is 2.05. The average molecular weight is 236 g/mol. The third kappa shape index (κ3) is 2.54. The van der Waals surface area contributed by atoms with E-state index in [1.807, 2.05) is 11.3 Å². The van der Waals surface area contributed by atoms with Crippen molar-refractivity contribution in [3.63, 3.8) is 0 Å². The van der Waals surface area contributed by atoms with Gasteiger partial charge in [0.2, 0.25) is 0 Å². The maximum Gasteiger partial charge on any atom is 0.0556 e. The van der Waals surface area contributed by atoms with Crippen molar-refractivity contribution in [1.82, 2.24) is 5.43 Å². The number of hydrazine groups is 1. The molecule has 0 radical (unpaired) electrons. The van der Waals surface area contributed by atoms with Gasteiger partial charge in [-0.05, 0) is 50.7 Å². The minimum atomic E-state index is 0.298. The fraction of sp³-hybridized carbons (Fsp3) is 0.538. The predicted octanol–water partition coefficient (Wildman–Crippen LogP) is 3.10. The number of fused-ring (bicyclic) bond motifs is 1. The summed E-state index contributed by atoms with van der Waals surface area (Å²) < 4.78 is 0. The van der Waals surface area contributed by atoms with Gasteiger partial charge in [0.1, 0.15) is 0 Å². The Bertz CT molecular complexity index is 360. The van der Waals surface area contributed by atoms with E-state index in [2.05, 4.69) is 25.0 Å². The first-order chi connectivity index (χ1) is 7.70. The highest BCUT2D eigenvalue weighted by Gasteiger charge is 2.19. The molecule has 1 atom stereocenters. The second kappa shape index (κ2) is 5.13. The minimum Gasteiger partial charge on any atom is -0.271 e. The van der Waals surface area contributed by atoms with Crippen LogP contribution < -0.4 is 11.3 Å². The van der Waals surface area contributed by atoms with Crippen molar-refractivity contribution in [1.29, 1.82) is 0 Å². The number of nitrogens with two attached hydrogens (primary N) is 1. The highest BCUT2D eigenvalue weighted by atomic mass is 32.1. The van der Waals surface area contributed by atoms with E-state index in [4.69, 9.17) is 5.84 Å². The molecule has 1 unspecified atom stereocenters. The molecule has 1 aliphatic carbocycles. The van der Waals surface area contributed by atoms with Crippen molar-refractivity contribution >= 4 is 11.3 Å². The molecule has 88 valence electrons. The van der Waals surface area contributed by atoms with Gasteiger partial charge in [-0.1, -0.05) is 5.57 Å². The Kier molecular flexibility index (Phi) is 3.79. The van der Waals surface area contributed by atoms with Crippen molar-refractivity contribution in [2.75, 3.05) is 0 Å². The normalized spacial score (nSPS) is 16.1. The fourth-order valence-corrected chi connectivity index (χ4v) is 3.57. The molecule has 1 aromatic heterocycles. The first-order valence-corrected chi connectivity index (χ1v) is 6.74. The van der Waals surface area contributed by atoms with E-state index >= 15 is 0 Å². The summed E-state index contributed by atoms with van der Waals surface area (Å²) in [6.45, 7) is 6.01. The summed E-state index contributed by atoms with van der Waals surface area (Å²) in [5, 5.41) is 0. The molecular weight excluding hydrogens is 216 g/mol. The number of nitrogens with one attached hydrogen (secondary N) is 1. The maximum absolute atomic E-state index is 5.64. The van der Waals surface area contributed by atoms with Crippen molar-refractivity contribution in [3.8, 4) is 0 Å². The SMILES string of the molecule is C=C(C)CCC(NN)c1cc2c(s1)CCC2. The molecule has 0 spiro atoms. The summed E-state index contributed by atoms with van der Waals surface area (Å²) in [6, 6.07) is 2.64. The van der Waals surface area contributed by atoms with Crippen LogP contribution in [0.1, 0.15) is 47.5 Å². The lowest BCUT2D eigenvalue weighted by Crippen LogP contribution is -2.27. The zero-order chi connectivity index (χ0) is 11.5.